The summed E-state index contributed by atoms with van der Waals surface area (Å²) in [6.45, 7) is 5.76. The molecule has 1 unspecified atom stereocenters. The van der Waals surface area contributed by atoms with E-state index in [0.29, 0.717) is 6.04 Å². The molecule has 0 aromatic carbocycles. The van der Waals surface area contributed by atoms with Crippen LogP contribution >= 0.6 is 0 Å². The van der Waals surface area contributed by atoms with Gasteiger partial charge in [0.1, 0.15) is 5.82 Å². The van der Waals surface area contributed by atoms with Gasteiger partial charge in [0.05, 0.1) is 6.54 Å². The van der Waals surface area contributed by atoms with Crippen LogP contribution in [-0.4, -0.2) is 35.1 Å². The third kappa shape index (κ3) is 2.92. The van der Waals surface area contributed by atoms with Gasteiger partial charge in [-0.3, -0.25) is 4.99 Å². The summed E-state index contributed by atoms with van der Waals surface area (Å²) in [5, 5.41) is 6.48. The fourth-order valence-electron chi connectivity index (χ4n) is 1.50. The van der Waals surface area contributed by atoms with Gasteiger partial charge in [-0.15, -0.1) is 0 Å². The van der Waals surface area contributed by atoms with Crippen molar-refractivity contribution in [3.8, 4) is 0 Å². The maximum Gasteiger partial charge on any atom is 0.191 e. The second kappa shape index (κ2) is 4.92. The zero-order chi connectivity index (χ0) is 11.4. The van der Waals surface area contributed by atoms with Gasteiger partial charge in [0.2, 0.25) is 0 Å². The van der Waals surface area contributed by atoms with Crippen LogP contribution in [0.4, 0.5) is 0 Å². The first-order chi connectivity index (χ1) is 7.74. The summed E-state index contributed by atoms with van der Waals surface area (Å²) in [6, 6.07) is 0.443. The summed E-state index contributed by atoms with van der Waals surface area (Å²) in [5.41, 5.74) is 1.09. The minimum atomic E-state index is 0.443. The van der Waals surface area contributed by atoms with Crippen LogP contribution in [0.15, 0.2) is 17.4 Å². The molecule has 2 N–H and O–H groups in total. The molecule has 0 aliphatic carbocycles. The molecule has 0 radical (unpaired) electrons. The number of aliphatic imine (C=N–C) groups is 1. The predicted octanol–water partition coefficient (Wildman–Crippen LogP) is 0.265. The van der Waals surface area contributed by atoms with E-state index in [1.54, 1.807) is 0 Å². The van der Waals surface area contributed by atoms with Crippen molar-refractivity contribution >= 4 is 5.96 Å². The molecule has 1 aliphatic rings. The smallest absolute Gasteiger partial charge is 0.191 e. The molecule has 5 nitrogen and oxygen atoms in total. The Kier molecular flexibility index (Phi) is 3.34. The Morgan fingerprint density at radius 1 is 1.44 bits per heavy atom. The molecule has 0 saturated heterocycles. The molecule has 0 bridgehead atoms. The van der Waals surface area contributed by atoms with Crippen molar-refractivity contribution < 1.29 is 0 Å². The maximum atomic E-state index is 4.32. The maximum absolute atomic E-state index is 4.32. The summed E-state index contributed by atoms with van der Waals surface area (Å²) in [7, 11) is 0. The first kappa shape index (κ1) is 10.9. The van der Waals surface area contributed by atoms with E-state index in [-0.39, 0.29) is 0 Å². The zero-order valence-electron chi connectivity index (χ0n) is 9.70. The van der Waals surface area contributed by atoms with E-state index < -0.39 is 0 Å². The Hall–Kier alpha value is -1.65. The Balaban J connectivity index is 1.74. The van der Waals surface area contributed by atoms with E-state index in [0.717, 1.165) is 36.9 Å². The van der Waals surface area contributed by atoms with E-state index in [1.807, 2.05) is 19.3 Å². The van der Waals surface area contributed by atoms with Crippen molar-refractivity contribution in [2.24, 2.45) is 4.99 Å². The highest BCUT2D eigenvalue weighted by molar-refractivity contribution is 5.81. The summed E-state index contributed by atoms with van der Waals surface area (Å²) in [4.78, 5) is 12.8. The Morgan fingerprint density at radius 3 is 2.81 bits per heavy atom. The standard InChI is InChI=1S/C11H17N5/c1-8-5-13-10(14-6-8)3-4-12-11-15-7-9(2)16-11/h5-6,9H,3-4,7H2,1-2H3,(H2,12,15,16). The normalized spacial score (nSPS) is 19.1. The average Bonchev–Trinajstić information content (AvgIpc) is 2.67. The van der Waals surface area contributed by atoms with Gasteiger partial charge >= 0.3 is 0 Å². The molecule has 86 valence electrons. The molecule has 16 heavy (non-hydrogen) atoms. The lowest BCUT2D eigenvalue weighted by atomic mass is 10.3. The number of aromatic nitrogens is 2. The molecule has 0 amide bonds. The monoisotopic (exact) mass is 219 g/mol. The first-order valence-electron chi connectivity index (χ1n) is 5.56. The van der Waals surface area contributed by atoms with Gasteiger partial charge in [-0.2, -0.15) is 0 Å². The van der Waals surface area contributed by atoms with E-state index in [1.165, 1.54) is 0 Å². The molecule has 0 saturated carbocycles. The van der Waals surface area contributed by atoms with Crippen molar-refractivity contribution in [2.75, 3.05) is 13.1 Å². The zero-order valence-corrected chi connectivity index (χ0v) is 9.70. The average molecular weight is 219 g/mol. The minimum Gasteiger partial charge on any atom is -0.356 e. The topological polar surface area (TPSA) is 62.2 Å². The fourth-order valence-corrected chi connectivity index (χ4v) is 1.50. The molecular formula is C11H17N5. The van der Waals surface area contributed by atoms with Crippen LogP contribution in [0.5, 0.6) is 0 Å². The summed E-state index contributed by atoms with van der Waals surface area (Å²) < 4.78 is 0. The summed E-state index contributed by atoms with van der Waals surface area (Å²) >= 11 is 0. The minimum absolute atomic E-state index is 0.443. The fraction of sp³-hybridized carbons (Fsp3) is 0.545. The summed E-state index contributed by atoms with van der Waals surface area (Å²) in [5.74, 6) is 1.75. The molecule has 1 atom stereocenters. The molecule has 5 heteroatoms. The van der Waals surface area contributed by atoms with E-state index in [2.05, 4.69) is 32.5 Å². The van der Waals surface area contributed by atoms with E-state index in [9.17, 15) is 0 Å². The molecule has 1 aliphatic heterocycles. The van der Waals surface area contributed by atoms with Crippen molar-refractivity contribution in [1.29, 1.82) is 0 Å². The highest BCUT2D eigenvalue weighted by atomic mass is 15.2. The third-order valence-corrected chi connectivity index (χ3v) is 2.38. The Labute approximate surface area is 95.4 Å². The second-order valence-corrected chi connectivity index (χ2v) is 4.09. The summed E-state index contributed by atoms with van der Waals surface area (Å²) in [6.07, 6.45) is 4.50. The lowest BCUT2D eigenvalue weighted by Gasteiger charge is -2.07. The molecule has 2 heterocycles. The number of nitrogens with zero attached hydrogens (tertiary/aromatic N) is 3. The van der Waals surface area contributed by atoms with Crippen molar-refractivity contribution in [2.45, 2.75) is 26.3 Å². The number of guanidine groups is 1. The number of hydrogen-bond acceptors (Lipinski definition) is 5. The van der Waals surface area contributed by atoms with Crippen molar-refractivity contribution in [3.63, 3.8) is 0 Å². The van der Waals surface area contributed by atoms with Crippen LogP contribution in [0, 0.1) is 6.92 Å². The molecule has 2 rings (SSSR count). The molecule has 0 spiro atoms. The van der Waals surface area contributed by atoms with Gasteiger partial charge in [0.25, 0.3) is 0 Å². The second-order valence-electron chi connectivity index (χ2n) is 4.09. The van der Waals surface area contributed by atoms with Crippen LogP contribution < -0.4 is 10.6 Å². The largest absolute Gasteiger partial charge is 0.356 e. The van der Waals surface area contributed by atoms with Crippen LogP contribution in [0.3, 0.4) is 0 Å². The third-order valence-electron chi connectivity index (χ3n) is 2.38. The van der Waals surface area contributed by atoms with Gasteiger partial charge in [-0.1, -0.05) is 0 Å². The number of aryl methyl sites for hydroxylation is 1. The number of hydrogen-bond donors (Lipinski definition) is 2. The SMILES string of the molecule is Cc1cnc(CCNC2=NCC(C)N2)nc1. The lowest BCUT2D eigenvalue weighted by molar-refractivity contribution is 0.709. The van der Waals surface area contributed by atoms with Crippen molar-refractivity contribution in [1.82, 2.24) is 20.6 Å². The number of rotatable bonds is 3. The molecule has 0 fully saturated rings. The Bertz CT molecular complexity index is 370. The van der Waals surface area contributed by atoms with Crippen molar-refractivity contribution in [3.05, 3.63) is 23.8 Å². The van der Waals surface area contributed by atoms with Gasteiger partial charge in [0.15, 0.2) is 5.96 Å². The van der Waals surface area contributed by atoms with E-state index >= 15 is 0 Å². The quantitative estimate of drug-likeness (QED) is 0.765. The van der Waals surface area contributed by atoms with Crippen LogP contribution in [-0.2, 0) is 6.42 Å². The van der Waals surface area contributed by atoms with Crippen LogP contribution in [0.2, 0.25) is 0 Å². The molecule has 1 aromatic rings. The number of nitrogens with one attached hydrogen (secondary N) is 2. The first-order valence-corrected chi connectivity index (χ1v) is 5.56. The van der Waals surface area contributed by atoms with Gasteiger partial charge in [-0.25, -0.2) is 9.97 Å². The molecular weight excluding hydrogens is 202 g/mol. The predicted molar refractivity (Wildman–Crippen MR) is 63.4 cm³/mol. The Morgan fingerprint density at radius 2 is 2.19 bits per heavy atom. The van der Waals surface area contributed by atoms with Gasteiger partial charge < -0.3 is 10.6 Å². The highest BCUT2D eigenvalue weighted by Gasteiger charge is 2.11. The van der Waals surface area contributed by atoms with Crippen LogP contribution in [0.25, 0.3) is 0 Å². The lowest BCUT2D eigenvalue weighted by Crippen LogP contribution is -2.38. The molecule has 1 aromatic heterocycles. The van der Waals surface area contributed by atoms with Gasteiger partial charge in [0, 0.05) is 31.4 Å². The van der Waals surface area contributed by atoms with Gasteiger partial charge in [-0.05, 0) is 19.4 Å². The van der Waals surface area contributed by atoms with E-state index in [4.69, 9.17) is 0 Å². The highest BCUT2D eigenvalue weighted by Crippen LogP contribution is 1.95. The van der Waals surface area contributed by atoms with Crippen LogP contribution in [0.1, 0.15) is 18.3 Å².